The van der Waals surface area contributed by atoms with Crippen LogP contribution in [0, 0.1) is 0 Å². The Morgan fingerprint density at radius 1 is 1.43 bits per heavy atom. The van der Waals surface area contributed by atoms with Crippen LogP contribution in [0.2, 0.25) is 0 Å². The summed E-state index contributed by atoms with van der Waals surface area (Å²) in [6, 6.07) is 4.15. The van der Waals surface area contributed by atoms with Crippen molar-refractivity contribution < 1.29 is 0 Å². The molecule has 0 aliphatic carbocycles. The number of pyridine rings is 1. The minimum atomic E-state index is 0.440. The average Bonchev–Trinajstić information content (AvgIpc) is 2.63. The van der Waals surface area contributed by atoms with Crippen molar-refractivity contribution in [2.24, 2.45) is 0 Å². The molecule has 14 heavy (non-hydrogen) atoms. The molecule has 0 radical (unpaired) electrons. The minimum Gasteiger partial charge on any atom is -0.368 e. The van der Waals surface area contributed by atoms with Crippen LogP contribution in [0.25, 0.3) is 0 Å². The van der Waals surface area contributed by atoms with Crippen molar-refractivity contribution in [1.29, 1.82) is 0 Å². The van der Waals surface area contributed by atoms with Crippen molar-refractivity contribution in [2.75, 3.05) is 24.5 Å². The highest BCUT2D eigenvalue weighted by molar-refractivity contribution is 5.46. The fraction of sp³-hybridized carbons (Fsp3) is 0.545. The van der Waals surface area contributed by atoms with Crippen LogP contribution in [-0.4, -0.2) is 30.2 Å². The molecule has 0 bridgehead atoms. The molecule has 1 aromatic heterocycles. The molecule has 1 atom stereocenters. The van der Waals surface area contributed by atoms with E-state index in [2.05, 4.69) is 21.3 Å². The zero-order valence-corrected chi connectivity index (χ0v) is 8.24. The lowest BCUT2D eigenvalue weighted by molar-refractivity contribution is 0.235. The molecule has 3 nitrogen and oxygen atoms in total. The van der Waals surface area contributed by atoms with E-state index in [1.165, 1.54) is 31.6 Å². The topological polar surface area (TPSA) is 28.2 Å². The van der Waals surface area contributed by atoms with E-state index < -0.39 is 0 Å². The van der Waals surface area contributed by atoms with Crippen molar-refractivity contribution in [1.82, 2.24) is 10.3 Å². The number of hydrogen-bond acceptors (Lipinski definition) is 3. The predicted molar refractivity (Wildman–Crippen MR) is 56.4 cm³/mol. The second kappa shape index (κ2) is 2.95. The van der Waals surface area contributed by atoms with Gasteiger partial charge in [-0.1, -0.05) is 0 Å². The van der Waals surface area contributed by atoms with E-state index >= 15 is 0 Å². The van der Waals surface area contributed by atoms with Crippen LogP contribution in [-0.2, 0) is 0 Å². The summed E-state index contributed by atoms with van der Waals surface area (Å²) >= 11 is 0. The Balaban J connectivity index is 1.76. The number of rotatable bonds is 1. The molecule has 2 aliphatic rings. The van der Waals surface area contributed by atoms with Gasteiger partial charge in [0.2, 0.25) is 0 Å². The van der Waals surface area contributed by atoms with Gasteiger partial charge in [0.05, 0.1) is 11.9 Å². The third-order valence-electron chi connectivity index (χ3n) is 3.47. The van der Waals surface area contributed by atoms with E-state index in [1.54, 1.807) is 0 Å². The quantitative estimate of drug-likeness (QED) is 0.715. The Bertz CT molecular complexity index is 319. The molecule has 0 amide bonds. The van der Waals surface area contributed by atoms with Crippen molar-refractivity contribution in [2.45, 2.75) is 18.4 Å². The number of nitrogens with zero attached hydrogens (tertiary/aromatic N) is 2. The third kappa shape index (κ3) is 1.20. The standard InChI is InChI=1S/C11H15N3/c1-2-10(8-12-5-1)14-7-4-11(9-14)3-6-13-11/h1-2,5,8,13H,3-4,6-7,9H2/t11-/m0/s1. The molecule has 2 aliphatic heterocycles. The van der Waals surface area contributed by atoms with Crippen LogP contribution < -0.4 is 10.2 Å². The second-order valence-electron chi connectivity index (χ2n) is 4.34. The average molecular weight is 189 g/mol. The SMILES string of the molecule is c1cncc(N2CC[C@@]3(CCN3)C2)c1. The van der Waals surface area contributed by atoms with Crippen molar-refractivity contribution in [3.63, 3.8) is 0 Å². The predicted octanol–water partition coefficient (Wildman–Crippen LogP) is 1.02. The normalized spacial score (nSPS) is 30.7. The van der Waals surface area contributed by atoms with Crippen LogP contribution in [0.1, 0.15) is 12.8 Å². The first-order valence-electron chi connectivity index (χ1n) is 5.28. The first kappa shape index (κ1) is 8.24. The van der Waals surface area contributed by atoms with Gasteiger partial charge in [-0.05, 0) is 31.5 Å². The van der Waals surface area contributed by atoms with E-state index in [0.29, 0.717) is 5.54 Å². The van der Waals surface area contributed by atoms with Gasteiger partial charge in [-0.3, -0.25) is 4.98 Å². The Morgan fingerprint density at radius 2 is 2.36 bits per heavy atom. The zero-order valence-electron chi connectivity index (χ0n) is 8.24. The molecule has 3 heteroatoms. The van der Waals surface area contributed by atoms with Gasteiger partial charge in [0.1, 0.15) is 0 Å². The van der Waals surface area contributed by atoms with Crippen LogP contribution in [0.4, 0.5) is 5.69 Å². The van der Waals surface area contributed by atoms with Gasteiger partial charge in [-0.2, -0.15) is 0 Å². The van der Waals surface area contributed by atoms with Crippen LogP contribution in [0.15, 0.2) is 24.5 Å². The van der Waals surface area contributed by atoms with E-state index in [-0.39, 0.29) is 0 Å². The van der Waals surface area contributed by atoms with E-state index in [4.69, 9.17) is 0 Å². The Hall–Kier alpha value is -1.09. The molecule has 1 N–H and O–H groups in total. The lowest BCUT2D eigenvalue weighted by Crippen LogP contribution is -2.58. The molecule has 1 spiro atoms. The van der Waals surface area contributed by atoms with Gasteiger partial charge in [0.25, 0.3) is 0 Å². The van der Waals surface area contributed by atoms with Crippen molar-refractivity contribution in [3.8, 4) is 0 Å². The molecule has 1 aromatic rings. The fourth-order valence-electron chi connectivity index (χ4n) is 2.46. The van der Waals surface area contributed by atoms with Gasteiger partial charge in [-0.25, -0.2) is 0 Å². The lowest BCUT2D eigenvalue weighted by atomic mass is 9.87. The summed E-state index contributed by atoms with van der Waals surface area (Å²) in [7, 11) is 0. The largest absolute Gasteiger partial charge is 0.368 e. The molecular formula is C11H15N3. The van der Waals surface area contributed by atoms with Gasteiger partial charge < -0.3 is 10.2 Å². The monoisotopic (exact) mass is 189 g/mol. The maximum atomic E-state index is 4.16. The van der Waals surface area contributed by atoms with Crippen molar-refractivity contribution >= 4 is 5.69 Å². The molecule has 2 fully saturated rings. The molecule has 2 saturated heterocycles. The summed E-state index contributed by atoms with van der Waals surface area (Å²) in [4.78, 5) is 6.59. The van der Waals surface area contributed by atoms with Gasteiger partial charge in [0, 0.05) is 24.8 Å². The number of anilines is 1. The maximum Gasteiger partial charge on any atom is 0.0553 e. The number of nitrogens with one attached hydrogen (secondary N) is 1. The molecule has 3 heterocycles. The molecular weight excluding hydrogens is 174 g/mol. The molecule has 0 saturated carbocycles. The first-order chi connectivity index (χ1) is 6.88. The highest BCUT2D eigenvalue weighted by Gasteiger charge is 2.42. The summed E-state index contributed by atoms with van der Waals surface area (Å²) < 4.78 is 0. The lowest BCUT2D eigenvalue weighted by Gasteiger charge is -2.39. The first-order valence-corrected chi connectivity index (χ1v) is 5.28. The van der Waals surface area contributed by atoms with E-state index in [1.807, 2.05) is 18.5 Å². The summed E-state index contributed by atoms with van der Waals surface area (Å²) in [5.41, 5.74) is 1.70. The molecule has 74 valence electrons. The van der Waals surface area contributed by atoms with Gasteiger partial charge >= 0.3 is 0 Å². The van der Waals surface area contributed by atoms with Crippen LogP contribution >= 0.6 is 0 Å². The van der Waals surface area contributed by atoms with Crippen LogP contribution in [0.3, 0.4) is 0 Å². The Labute approximate surface area is 84.1 Å². The van der Waals surface area contributed by atoms with E-state index in [0.717, 1.165) is 6.54 Å². The van der Waals surface area contributed by atoms with Gasteiger partial charge in [-0.15, -0.1) is 0 Å². The molecule has 0 unspecified atom stereocenters. The maximum absolute atomic E-state index is 4.16. The molecule has 3 rings (SSSR count). The minimum absolute atomic E-state index is 0.440. The highest BCUT2D eigenvalue weighted by atomic mass is 15.2. The highest BCUT2D eigenvalue weighted by Crippen LogP contribution is 2.32. The summed E-state index contributed by atoms with van der Waals surface area (Å²) in [6.07, 6.45) is 6.40. The fourth-order valence-corrected chi connectivity index (χ4v) is 2.46. The zero-order chi connectivity index (χ0) is 9.43. The van der Waals surface area contributed by atoms with E-state index in [9.17, 15) is 0 Å². The number of hydrogen-bond donors (Lipinski definition) is 1. The summed E-state index contributed by atoms with van der Waals surface area (Å²) in [6.45, 7) is 3.51. The van der Waals surface area contributed by atoms with Gasteiger partial charge in [0.15, 0.2) is 0 Å². The smallest absolute Gasteiger partial charge is 0.0553 e. The van der Waals surface area contributed by atoms with Crippen molar-refractivity contribution in [3.05, 3.63) is 24.5 Å². The number of aromatic nitrogens is 1. The second-order valence-corrected chi connectivity index (χ2v) is 4.34. The summed E-state index contributed by atoms with van der Waals surface area (Å²) in [5, 5.41) is 3.56. The Morgan fingerprint density at radius 3 is 2.93 bits per heavy atom. The third-order valence-corrected chi connectivity index (χ3v) is 3.47. The molecule has 0 aromatic carbocycles. The van der Waals surface area contributed by atoms with Crippen LogP contribution in [0.5, 0.6) is 0 Å². The Kier molecular flexibility index (Phi) is 1.74. The summed E-state index contributed by atoms with van der Waals surface area (Å²) in [5.74, 6) is 0.